The molecule has 2 aliphatic heterocycles. The summed E-state index contributed by atoms with van der Waals surface area (Å²) in [5.74, 6) is 0.991. The number of aromatic amines is 1. The van der Waals surface area contributed by atoms with Crippen LogP contribution in [0.25, 0.3) is 10.9 Å². The van der Waals surface area contributed by atoms with Crippen LogP contribution >= 0.6 is 0 Å². The van der Waals surface area contributed by atoms with Crippen molar-refractivity contribution in [3.05, 3.63) is 68.4 Å². The second kappa shape index (κ2) is 9.70. The lowest BCUT2D eigenvalue weighted by Crippen LogP contribution is -3.14. The fourth-order valence-electron chi connectivity index (χ4n) is 4.31. The van der Waals surface area contributed by atoms with Gasteiger partial charge in [0.2, 0.25) is 6.79 Å². The van der Waals surface area contributed by atoms with Gasteiger partial charge < -0.3 is 29.4 Å². The lowest BCUT2D eigenvalue weighted by atomic mass is 10.1. The molecule has 0 bridgehead atoms. The van der Waals surface area contributed by atoms with Crippen molar-refractivity contribution in [2.24, 2.45) is 0 Å². The van der Waals surface area contributed by atoms with Gasteiger partial charge in [0.05, 0.1) is 37.2 Å². The molecule has 2 aliphatic rings. The number of morpholine rings is 1. The van der Waals surface area contributed by atoms with Crippen LogP contribution in [0.5, 0.6) is 11.5 Å². The molecule has 3 heterocycles. The van der Waals surface area contributed by atoms with E-state index >= 15 is 0 Å². The Bertz CT molecular complexity index is 1330. The predicted molar refractivity (Wildman–Crippen MR) is 124 cm³/mol. The summed E-state index contributed by atoms with van der Waals surface area (Å²) in [6.07, 6.45) is 0.871. The highest BCUT2D eigenvalue weighted by atomic mass is 16.7. The van der Waals surface area contributed by atoms with E-state index in [1.54, 1.807) is 36.4 Å². The van der Waals surface area contributed by atoms with Gasteiger partial charge in [-0.1, -0.05) is 6.07 Å². The van der Waals surface area contributed by atoms with Gasteiger partial charge in [-0.2, -0.15) is 0 Å². The monoisotopic (exact) mass is 467 g/mol. The maximum atomic E-state index is 13.0. The van der Waals surface area contributed by atoms with Gasteiger partial charge >= 0.3 is 5.69 Å². The van der Waals surface area contributed by atoms with Crippen LogP contribution in [0.3, 0.4) is 0 Å². The van der Waals surface area contributed by atoms with E-state index in [2.05, 4.69) is 10.3 Å². The molecule has 1 saturated heterocycles. The number of quaternary nitrogens is 1. The van der Waals surface area contributed by atoms with Crippen LogP contribution < -0.4 is 30.9 Å². The number of fused-ring (bicyclic) bond motifs is 2. The van der Waals surface area contributed by atoms with Crippen molar-refractivity contribution in [3.8, 4) is 11.5 Å². The summed E-state index contributed by atoms with van der Waals surface area (Å²) in [6, 6.07) is 10.0. The van der Waals surface area contributed by atoms with Crippen molar-refractivity contribution in [2.45, 2.75) is 13.0 Å². The van der Waals surface area contributed by atoms with Gasteiger partial charge in [-0.15, -0.1) is 0 Å². The number of aromatic nitrogens is 2. The Morgan fingerprint density at radius 3 is 2.74 bits per heavy atom. The molecular weight excluding hydrogens is 440 g/mol. The molecule has 5 rings (SSSR count). The number of hydrogen-bond donors (Lipinski definition) is 3. The molecule has 0 aliphatic carbocycles. The Hall–Kier alpha value is -3.63. The summed E-state index contributed by atoms with van der Waals surface area (Å²) in [5.41, 5.74) is 0.515. The number of hydrogen-bond acceptors (Lipinski definition) is 6. The van der Waals surface area contributed by atoms with Gasteiger partial charge in [-0.3, -0.25) is 14.2 Å². The number of ether oxygens (including phenoxy) is 3. The SMILES string of the molecule is O=C(NCCC[NH+]1CCOCC1)c1ccc2c(=O)n(Cc3ccc4c(c3)OCO4)c(=O)[nH]c2c1. The highest BCUT2D eigenvalue weighted by Crippen LogP contribution is 2.32. The smallest absolute Gasteiger partial charge is 0.329 e. The van der Waals surface area contributed by atoms with Gasteiger partial charge in [0.25, 0.3) is 11.5 Å². The van der Waals surface area contributed by atoms with Crippen LogP contribution in [0.1, 0.15) is 22.3 Å². The minimum Gasteiger partial charge on any atom is -0.454 e. The number of carbonyl (C=O) groups is 1. The zero-order valence-corrected chi connectivity index (χ0v) is 18.7. The van der Waals surface area contributed by atoms with E-state index in [9.17, 15) is 14.4 Å². The normalized spacial score (nSPS) is 15.5. The lowest BCUT2D eigenvalue weighted by Gasteiger charge is -2.23. The zero-order chi connectivity index (χ0) is 23.5. The van der Waals surface area contributed by atoms with Gasteiger partial charge in [0.15, 0.2) is 11.5 Å². The molecule has 34 heavy (non-hydrogen) atoms. The molecule has 1 aromatic heterocycles. The van der Waals surface area contributed by atoms with Crippen molar-refractivity contribution in [3.63, 3.8) is 0 Å². The van der Waals surface area contributed by atoms with Crippen LogP contribution in [-0.4, -0.2) is 61.6 Å². The second-order valence-corrected chi connectivity index (χ2v) is 8.49. The summed E-state index contributed by atoms with van der Waals surface area (Å²) in [7, 11) is 0. The van der Waals surface area contributed by atoms with Crippen LogP contribution in [0.15, 0.2) is 46.0 Å². The molecule has 3 N–H and O–H groups in total. The molecule has 1 amide bonds. The van der Waals surface area contributed by atoms with Crippen LogP contribution in [0.2, 0.25) is 0 Å². The van der Waals surface area contributed by atoms with E-state index in [1.807, 2.05) is 0 Å². The van der Waals surface area contributed by atoms with Crippen molar-refractivity contribution in [1.82, 2.24) is 14.9 Å². The Morgan fingerprint density at radius 1 is 1.06 bits per heavy atom. The fraction of sp³-hybridized carbons (Fsp3) is 0.375. The summed E-state index contributed by atoms with van der Waals surface area (Å²) in [5, 5.41) is 3.26. The Labute approximate surface area is 195 Å². The quantitative estimate of drug-likeness (QED) is 0.404. The number of carbonyl (C=O) groups excluding carboxylic acids is 1. The molecule has 0 spiro atoms. The van der Waals surface area contributed by atoms with E-state index in [-0.39, 0.29) is 19.2 Å². The van der Waals surface area contributed by atoms with Crippen LogP contribution in [0.4, 0.5) is 0 Å². The fourth-order valence-corrected chi connectivity index (χ4v) is 4.31. The minimum absolute atomic E-state index is 0.0914. The van der Waals surface area contributed by atoms with Gasteiger partial charge in [0, 0.05) is 18.5 Å². The first kappa shape index (κ1) is 22.2. The number of rotatable bonds is 7. The minimum atomic E-state index is -0.541. The van der Waals surface area contributed by atoms with E-state index in [4.69, 9.17) is 14.2 Å². The molecular formula is C24H27N4O6+. The summed E-state index contributed by atoms with van der Waals surface area (Å²) >= 11 is 0. The standard InChI is InChI=1S/C24H26N4O6/c29-22(25-6-1-7-27-8-10-32-11-9-27)17-3-4-18-19(13-17)26-24(31)28(23(18)30)14-16-2-5-20-21(12-16)34-15-33-20/h2-5,12-13H,1,6-11,14-15H2,(H,25,29)(H,26,31)/p+1. The maximum Gasteiger partial charge on any atom is 0.329 e. The van der Waals surface area contributed by atoms with Crippen molar-refractivity contribution >= 4 is 16.8 Å². The molecule has 0 unspecified atom stereocenters. The third kappa shape index (κ3) is 4.68. The summed E-state index contributed by atoms with van der Waals surface area (Å²) < 4.78 is 17.2. The van der Waals surface area contributed by atoms with Crippen molar-refractivity contribution < 1.29 is 23.9 Å². The van der Waals surface area contributed by atoms with Crippen LogP contribution in [0, 0.1) is 0 Å². The van der Waals surface area contributed by atoms with Gasteiger partial charge in [-0.05, 0) is 35.9 Å². The number of nitrogens with zero attached hydrogens (tertiary/aromatic N) is 1. The molecule has 178 valence electrons. The molecule has 1 fully saturated rings. The van der Waals surface area contributed by atoms with Gasteiger partial charge in [-0.25, -0.2) is 4.79 Å². The molecule has 3 aromatic rings. The summed E-state index contributed by atoms with van der Waals surface area (Å²) in [4.78, 5) is 42.5. The number of amides is 1. The molecule has 10 heteroatoms. The van der Waals surface area contributed by atoms with E-state index < -0.39 is 11.2 Å². The molecule has 0 radical (unpaired) electrons. The molecule has 2 aromatic carbocycles. The highest BCUT2D eigenvalue weighted by Gasteiger charge is 2.16. The lowest BCUT2D eigenvalue weighted by molar-refractivity contribution is -0.908. The van der Waals surface area contributed by atoms with Crippen LogP contribution in [-0.2, 0) is 11.3 Å². The second-order valence-electron chi connectivity index (χ2n) is 8.49. The first-order chi connectivity index (χ1) is 16.6. The largest absolute Gasteiger partial charge is 0.454 e. The molecule has 0 saturated carbocycles. The number of nitrogens with one attached hydrogen (secondary N) is 3. The third-order valence-electron chi connectivity index (χ3n) is 6.21. The highest BCUT2D eigenvalue weighted by molar-refractivity contribution is 5.97. The average molecular weight is 468 g/mol. The van der Waals surface area contributed by atoms with E-state index in [0.29, 0.717) is 34.5 Å². The average Bonchev–Trinajstić information content (AvgIpc) is 3.32. The Balaban J connectivity index is 1.27. The zero-order valence-electron chi connectivity index (χ0n) is 18.7. The first-order valence-corrected chi connectivity index (χ1v) is 11.4. The molecule has 10 nitrogen and oxygen atoms in total. The Morgan fingerprint density at radius 2 is 1.88 bits per heavy atom. The first-order valence-electron chi connectivity index (χ1n) is 11.4. The maximum absolute atomic E-state index is 13.0. The number of benzene rings is 2. The van der Waals surface area contributed by atoms with Crippen molar-refractivity contribution in [1.29, 1.82) is 0 Å². The predicted octanol–water partition coefficient (Wildman–Crippen LogP) is -0.498. The van der Waals surface area contributed by atoms with E-state index in [0.717, 1.165) is 49.4 Å². The summed E-state index contributed by atoms with van der Waals surface area (Å²) in [6.45, 7) is 5.36. The topological polar surface area (TPSA) is 116 Å². The van der Waals surface area contributed by atoms with Crippen molar-refractivity contribution in [2.75, 3.05) is 46.2 Å². The van der Waals surface area contributed by atoms with Gasteiger partial charge in [0.1, 0.15) is 13.1 Å². The van der Waals surface area contributed by atoms with E-state index in [1.165, 1.54) is 4.90 Å². The third-order valence-corrected chi connectivity index (χ3v) is 6.21. The Kier molecular flexibility index (Phi) is 6.33. The molecule has 0 atom stereocenters. The number of H-pyrrole nitrogens is 1.